The van der Waals surface area contributed by atoms with Crippen molar-refractivity contribution in [3.05, 3.63) is 57.6 Å². The number of hydrogen-bond acceptors (Lipinski definition) is 8. The number of rotatable bonds is 5. The molecule has 2 amide bonds. The van der Waals surface area contributed by atoms with E-state index in [4.69, 9.17) is 9.26 Å². The second-order valence-corrected chi connectivity index (χ2v) is 8.41. The molecule has 8 nitrogen and oxygen atoms in total. The van der Waals surface area contributed by atoms with E-state index in [2.05, 4.69) is 10.1 Å². The molecule has 1 aromatic carbocycles. The molecular formula is C22H19N3O5S. The fraction of sp³-hybridized carbons (Fsp3) is 0.318. The molecule has 2 aliphatic rings. The molecule has 1 fully saturated rings. The number of amides is 2. The molecule has 0 bridgehead atoms. The van der Waals surface area contributed by atoms with Gasteiger partial charge in [0.15, 0.2) is 6.61 Å². The van der Waals surface area contributed by atoms with Crippen LogP contribution in [-0.2, 0) is 11.3 Å². The summed E-state index contributed by atoms with van der Waals surface area (Å²) in [4.78, 5) is 43.7. The smallest absolute Gasteiger partial charge is 0.338 e. The molecule has 0 N–H and O–H groups in total. The second kappa shape index (κ2) is 8.07. The van der Waals surface area contributed by atoms with Crippen LogP contribution in [0, 0.1) is 0 Å². The maximum atomic E-state index is 12.9. The number of nitrogens with zero attached hydrogens (tertiary/aromatic N) is 3. The van der Waals surface area contributed by atoms with E-state index in [-0.39, 0.29) is 41.5 Å². The molecule has 3 heterocycles. The van der Waals surface area contributed by atoms with Crippen molar-refractivity contribution in [3.8, 4) is 11.4 Å². The highest BCUT2D eigenvalue weighted by molar-refractivity contribution is 7.08. The zero-order valence-corrected chi connectivity index (χ0v) is 17.4. The average Bonchev–Trinajstić information content (AvgIpc) is 3.53. The van der Waals surface area contributed by atoms with Gasteiger partial charge in [-0.25, -0.2) is 4.79 Å². The summed E-state index contributed by atoms with van der Waals surface area (Å²) in [6.45, 7) is -0.186. The molecule has 1 aliphatic heterocycles. The van der Waals surface area contributed by atoms with Crippen LogP contribution in [0.1, 0.15) is 69.1 Å². The van der Waals surface area contributed by atoms with E-state index in [0.717, 1.165) is 37.7 Å². The Bertz CT molecular complexity index is 1150. The first-order valence-corrected chi connectivity index (χ1v) is 11.1. The number of carbonyl (C=O) groups excluding carboxylic acids is 3. The Morgan fingerprint density at radius 3 is 2.71 bits per heavy atom. The fourth-order valence-corrected chi connectivity index (χ4v) is 4.72. The van der Waals surface area contributed by atoms with Gasteiger partial charge in [0.25, 0.3) is 17.7 Å². The van der Waals surface area contributed by atoms with Crippen molar-refractivity contribution in [2.75, 3.05) is 0 Å². The number of aromatic nitrogens is 2. The monoisotopic (exact) mass is 437 g/mol. The van der Waals surface area contributed by atoms with Crippen LogP contribution < -0.4 is 0 Å². The molecule has 0 spiro atoms. The van der Waals surface area contributed by atoms with Crippen molar-refractivity contribution in [2.45, 2.75) is 44.8 Å². The maximum Gasteiger partial charge on any atom is 0.338 e. The third-order valence-corrected chi connectivity index (χ3v) is 6.35. The summed E-state index contributed by atoms with van der Waals surface area (Å²) in [6.07, 6.45) is 4.82. The zero-order chi connectivity index (χ0) is 21.4. The number of esters is 1. The SMILES string of the molecule is O=C(OCc1nc(-c2ccsc2)no1)c1ccc2c(c1)C(=O)N(C1CCCCC1)C2=O. The third kappa shape index (κ3) is 3.65. The van der Waals surface area contributed by atoms with Crippen molar-refractivity contribution < 1.29 is 23.6 Å². The number of carbonyl (C=O) groups is 3. The van der Waals surface area contributed by atoms with Gasteiger partial charge in [-0.1, -0.05) is 24.4 Å². The van der Waals surface area contributed by atoms with Crippen LogP contribution in [0.5, 0.6) is 0 Å². The first-order chi connectivity index (χ1) is 15.1. The molecule has 0 unspecified atom stereocenters. The molecule has 1 aliphatic carbocycles. The van der Waals surface area contributed by atoms with Gasteiger partial charge in [-0.05, 0) is 42.5 Å². The second-order valence-electron chi connectivity index (χ2n) is 7.63. The van der Waals surface area contributed by atoms with Gasteiger partial charge in [-0.3, -0.25) is 14.5 Å². The van der Waals surface area contributed by atoms with Crippen LogP contribution in [0.2, 0.25) is 0 Å². The van der Waals surface area contributed by atoms with Crippen molar-refractivity contribution in [1.29, 1.82) is 0 Å². The molecular weight excluding hydrogens is 418 g/mol. The predicted octanol–water partition coefficient (Wildman–Crippen LogP) is 4.08. The minimum atomic E-state index is -0.630. The maximum absolute atomic E-state index is 12.9. The van der Waals surface area contributed by atoms with E-state index in [1.54, 1.807) is 0 Å². The molecule has 2 aromatic heterocycles. The van der Waals surface area contributed by atoms with Gasteiger partial charge >= 0.3 is 5.97 Å². The quantitative estimate of drug-likeness (QED) is 0.438. The normalized spacial score (nSPS) is 16.6. The average molecular weight is 437 g/mol. The van der Waals surface area contributed by atoms with E-state index in [0.29, 0.717) is 11.4 Å². The first-order valence-electron chi connectivity index (χ1n) is 10.2. The van der Waals surface area contributed by atoms with Gasteiger partial charge in [-0.15, -0.1) is 0 Å². The molecule has 158 valence electrons. The number of thiophene rings is 1. The molecule has 5 rings (SSSR count). The summed E-state index contributed by atoms with van der Waals surface area (Å²) in [5.74, 6) is -0.644. The van der Waals surface area contributed by atoms with Crippen LogP contribution in [0.25, 0.3) is 11.4 Å². The molecule has 3 aromatic rings. The fourth-order valence-electron chi connectivity index (χ4n) is 4.09. The summed E-state index contributed by atoms with van der Waals surface area (Å²) in [7, 11) is 0. The van der Waals surface area contributed by atoms with Crippen LogP contribution in [0.15, 0.2) is 39.5 Å². The Balaban J connectivity index is 1.28. The van der Waals surface area contributed by atoms with Gasteiger partial charge in [0, 0.05) is 17.0 Å². The third-order valence-electron chi connectivity index (χ3n) is 5.67. The molecule has 0 saturated heterocycles. The van der Waals surface area contributed by atoms with Crippen LogP contribution in [-0.4, -0.2) is 38.9 Å². The summed E-state index contributed by atoms with van der Waals surface area (Å²) in [5.41, 5.74) is 1.62. The summed E-state index contributed by atoms with van der Waals surface area (Å²) >= 11 is 1.52. The van der Waals surface area contributed by atoms with Crippen LogP contribution in [0.3, 0.4) is 0 Å². The lowest BCUT2D eigenvalue weighted by molar-refractivity contribution is 0.0429. The lowest BCUT2D eigenvalue weighted by Crippen LogP contribution is -2.40. The first kappa shape index (κ1) is 19.6. The molecule has 31 heavy (non-hydrogen) atoms. The highest BCUT2D eigenvalue weighted by Gasteiger charge is 2.40. The van der Waals surface area contributed by atoms with Crippen molar-refractivity contribution in [3.63, 3.8) is 0 Å². The van der Waals surface area contributed by atoms with E-state index in [9.17, 15) is 14.4 Å². The minimum absolute atomic E-state index is 0.0634. The molecule has 0 atom stereocenters. The predicted molar refractivity (Wildman–Crippen MR) is 111 cm³/mol. The lowest BCUT2D eigenvalue weighted by Gasteiger charge is -2.29. The molecule has 1 saturated carbocycles. The minimum Gasteiger partial charge on any atom is -0.452 e. The van der Waals surface area contributed by atoms with Gasteiger partial charge in [0.05, 0.1) is 16.7 Å². The van der Waals surface area contributed by atoms with Crippen molar-refractivity contribution in [1.82, 2.24) is 15.0 Å². The zero-order valence-electron chi connectivity index (χ0n) is 16.6. The summed E-state index contributed by atoms with van der Waals surface area (Å²) in [6, 6.07) is 6.26. The van der Waals surface area contributed by atoms with Crippen molar-refractivity contribution >= 4 is 29.1 Å². The number of fused-ring (bicyclic) bond motifs is 1. The Hall–Kier alpha value is -3.33. The van der Waals surface area contributed by atoms with E-state index < -0.39 is 5.97 Å². The molecule has 9 heteroatoms. The summed E-state index contributed by atoms with van der Waals surface area (Å²) < 4.78 is 10.4. The Labute approximate surface area is 181 Å². The van der Waals surface area contributed by atoms with Crippen molar-refractivity contribution in [2.24, 2.45) is 0 Å². The topological polar surface area (TPSA) is 103 Å². The van der Waals surface area contributed by atoms with E-state index in [1.807, 2.05) is 16.8 Å². The van der Waals surface area contributed by atoms with E-state index >= 15 is 0 Å². The number of hydrogen-bond donors (Lipinski definition) is 0. The standard InChI is InChI=1S/C22H19N3O5S/c26-20-16-7-6-13(10-17(16)21(27)25(20)15-4-2-1-3-5-15)22(28)29-11-18-23-19(24-30-18)14-8-9-31-12-14/h6-10,12,15H,1-5,11H2. The Morgan fingerprint density at radius 1 is 1.13 bits per heavy atom. The summed E-state index contributed by atoms with van der Waals surface area (Å²) in [5, 5.41) is 7.66. The van der Waals surface area contributed by atoms with Gasteiger partial charge < -0.3 is 9.26 Å². The van der Waals surface area contributed by atoms with Crippen LogP contribution in [0.4, 0.5) is 0 Å². The van der Waals surface area contributed by atoms with Crippen LogP contribution >= 0.6 is 11.3 Å². The Kier molecular flexibility index (Phi) is 5.11. The van der Waals surface area contributed by atoms with Gasteiger partial charge in [0.1, 0.15) is 0 Å². The highest BCUT2D eigenvalue weighted by atomic mass is 32.1. The van der Waals surface area contributed by atoms with Gasteiger partial charge in [-0.2, -0.15) is 16.3 Å². The number of imide groups is 1. The number of benzene rings is 1. The largest absolute Gasteiger partial charge is 0.452 e. The van der Waals surface area contributed by atoms with E-state index in [1.165, 1.54) is 34.4 Å². The highest BCUT2D eigenvalue weighted by Crippen LogP contribution is 2.31. The van der Waals surface area contributed by atoms with Gasteiger partial charge in [0.2, 0.25) is 5.82 Å². The number of ether oxygens (including phenoxy) is 1. The molecule has 0 radical (unpaired) electrons. The Morgan fingerprint density at radius 2 is 1.94 bits per heavy atom. The lowest BCUT2D eigenvalue weighted by atomic mass is 9.94.